The zero-order valence-corrected chi connectivity index (χ0v) is 11.8. The van der Waals surface area contributed by atoms with Crippen LogP contribution in [0.3, 0.4) is 0 Å². The molecule has 1 unspecified atom stereocenters. The first-order chi connectivity index (χ1) is 8.63. The van der Waals surface area contributed by atoms with E-state index in [1.54, 1.807) is 0 Å². The first kappa shape index (κ1) is 13.3. The second-order valence-corrected chi connectivity index (χ2v) is 5.86. The summed E-state index contributed by atoms with van der Waals surface area (Å²) in [6.45, 7) is 7.48. The lowest BCUT2D eigenvalue weighted by Crippen LogP contribution is -2.39. The predicted octanol–water partition coefficient (Wildman–Crippen LogP) is 4.47. The van der Waals surface area contributed by atoms with Gasteiger partial charge in [-0.25, -0.2) is 0 Å². The highest BCUT2D eigenvalue weighted by molar-refractivity contribution is 5.57. The third kappa shape index (κ3) is 2.98. The van der Waals surface area contributed by atoms with Gasteiger partial charge in [-0.2, -0.15) is 0 Å². The van der Waals surface area contributed by atoms with Gasteiger partial charge < -0.3 is 10.1 Å². The Hall–Kier alpha value is -1.18. The third-order valence-electron chi connectivity index (χ3n) is 4.02. The van der Waals surface area contributed by atoms with Gasteiger partial charge in [0.05, 0.1) is 12.3 Å². The van der Waals surface area contributed by atoms with Crippen LogP contribution in [-0.4, -0.2) is 12.6 Å². The van der Waals surface area contributed by atoms with Gasteiger partial charge in [0.15, 0.2) is 0 Å². The Bertz CT molecular complexity index is 386. The minimum atomic E-state index is 0.373. The molecule has 1 aliphatic rings. The maximum Gasteiger partial charge on any atom is 0.142 e. The fraction of sp³-hybridized carbons (Fsp3) is 0.625. The quantitative estimate of drug-likeness (QED) is 0.847. The van der Waals surface area contributed by atoms with E-state index in [4.69, 9.17) is 4.74 Å². The predicted molar refractivity (Wildman–Crippen MR) is 77.3 cm³/mol. The van der Waals surface area contributed by atoms with Crippen LogP contribution in [-0.2, 0) is 0 Å². The molecular weight excluding hydrogens is 222 g/mol. The molecule has 0 spiro atoms. The van der Waals surface area contributed by atoms with Crippen LogP contribution in [0.2, 0.25) is 0 Å². The molecule has 100 valence electrons. The Morgan fingerprint density at radius 2 is 2.06 bits per heavy atom. The second-order valence-electron chi connectivity index (χ2n) is 5.86. The van der Waals surface area contributed by atoms with E-state index in [2.05, 4.69) is 31.3 Å². The summed E-state index contributed by atoms with van der Waals surface area (Å²) in [5.41, 5.74) is 1.51. The molecule has 0 saturated heterocycles. The summed E-state index contributed by atoms with van der Waals surface area (Å²) in [6.07, 6.45) is 5.26. The fourth-order valence-corrected chi connectivity index (χ4v) is 2.82. The Morgan fingerprint density at radius 3 is 2.78 bits per heavy atom. The van der Waals surface area contributed by atoms with Gasteiger partial charge in [-0.1, -0.05) is 38.8 Å². The lowest BCUT2D eigenvalue weighted by atomic mass is 9.73. The summed E-state index contributed by atoms with van der Waals surface area (Å²) < 4.78 is 5.68. The summed E-state index contributed by atoms with van der Waals surface area (Å²) >= 11 is 0. The van der Waals surface area contributed by atoms with Crippen molar-refractivity contribution in [3.8, 4) is 5.75 Å². The molecule has 1 aromatic rings. The van der Waals surface area contributed by atoms with Crippen molar-refractivity contribution >= 4 is 5.69 Å². The lowest BCUT2D eigenvalue weighted by molar-refractivity contribution is 0.216. The molecule has 2 heteroatoms. The Labute approximate surface area is 111 Å². The lowest BCUT2D eigenvalue weighted by Gasteiger charge is -2.39. The first-order valence-electron chi connectivity index (χ1n) is 7.12. The van der Waals surface area contributed by atoms with E-state index >= 15 is 0 Å². The SMILES string of the molecule is CCOc1ccccc1NC1CCCCC1(C)C. The number of anilines is 1. The number of hydrogen-bond donors (Lipinski definition) is 1. The highest BCUT2D eigenvalue weighted by atomic mass is 16.5. The van der Waals surface area contributed by atoms with Crippen LogP contribution >= 0.6 is 0 Å². The summed E-state index contributed by atoms with van der Waals surface area (Å²) in [5, 5.41) is 3.70. The van der Waals surface area contributed by atoms with Crippen molar-refractivity contribution in [2.75, 3.05) is 11.9 Å². The van der Waals surface area contributed by atoms with Crippen LogP contribution in [0.15, 0.2) is 24.3 Å². The topological polar surface area (TPSA) is 21.3 Å². The molecule has 0 heterocycles. The van der Waals surface area contributed by atoms with Crippen molar-refractivity contribution in [1.82, 2.24) is 0 Å². The van der Waals surface area contributed by atoms with Crippen LogP contribution in [0.1, 0.15) is 46.5 Å². The molecule has 18 heavy (non-hydrogen) atoms. The number of rotatable bonds is 4. The van der Waals surface area contributed by atoms with Crippen molar-refractivity contribution in [3.05, 3.63) is 24.3 Å². The highest BCUT2D eigenvalue weighted by Gasteiger charge is 2.32. The van der Waals surface area contributed by atoms with Crippen molar-refractivity contribution in [1.29, 1.82) is 0 Å². The van der Waals surface area contributed by atoms with E-state index in [1.165, 1.54) is 25.7 Å². The highest BCUT2D eigenvalue weighted by Crippen LogP contribution is 2.38. The van der Waals surface area contributed by atoms with E-state index in [1.807, 2.05) is 19.1 Å². The van der Waals surface area contributed by atoms with Gasteiger partial charge in [0.1, 0.15) is 5.75 Å². The molecule has 0 amide bonds. The molecule has 1 aliphatic carbocycles. The van der Waals surface area contributed by atoms with Crippen molar-refractivity contribution in [2.24, 2.45) is 5.41 Å². The molecule has 0 bridgehead atoms. The third-order valence-corrected chi connectivity index (χ3v) is 4.02. The Morgan fingerprint density at radius 1 is 1.28 bits per heavy atom. The minimum absolute atomic E-state index is 0.373. The van der Waals surface area contributed by atoms with Crippen LogP contribution in [0.25, 0.3) is 0 Å². The van der Waals surface area contributed by atoms with Gasteiger partial charge in [-0.05, 0) is 37.3 Å². The largest absolute Gasteiger partial charge is 0.492 e. The molecule has 0 aromatic heterocycles. The number of ether oxygens (including phenoxy) is 1. The van der Waals surface area contributed by atoms with Gasteiger partial charge in [-0.15, -0.1) is 0 Å². The van der Waals surface area contributed by atoms with Crippen molar-refractivity contribution in [3.63, 3.8) is 0 Å². The number of para-hydroxylation sites is 2. The molecule has 2 nitrogen and oxygen atoms in total. The maximum atomic E-state index is 5.68. The summed E-state index contributed by atoms with van der Waals surface area (Å²) in [5.74, 6) is 0.973. The molecule has 1 N–H and O–H groups in total. The van der Waals surface area contributed by atoms with Crippen molar-refractivity contribution < 1.29 is 4.74 Å². The maximum absolute atomic E-state index is 5.68. The zero-order chi connectivity index (χ0) is 13.0. The Kier molecular flexibility index (Phi) is 4.15. The van der Waals surface area contributed by atoms with Crippen LogP contribution in [0, 0.1) is 5.41 Å². The van der Waals surface area contributed by atoms with Gasteiger partial charge >= 0.3 is 0 Å². The normalized spacial score (nSPS) is 22.5. The number of hydrogen-bond acceptors (Lipinski definition) is 2. The number of benzene rings is 1. The monoisotopic (exact) mass is 247 g/mol. The minimum Gasteiger partial charge on any atom is -0.492 e. The molecular formula is C16H25NO. The summed E-state index contributed by atoms with van der Waals surface area (Å²) in [4.78, 5) is 0. The molecule has 1 atom stereocenters. The summed E-state index contributed by atoms with van der Waals surface area (Å²) in [6, 6.07) is 8.81. The Balaban J connectivity index is 2.12. The van der Waals surface area contributed by atoms with E-state index in [0.717, 1.165) is 11.4 Å². The molecule has 1 aromatic carbocycles. The van der Waals surface area contributed by atoms with Crippen LogP contribution in [0.5, 0.6) is 5.75 Å². The van der Waals surface area contributed by atoms with Gasteiger partial charge in [0, 0.05) is 6.04 Å². The van der Waals surface area contributed by atoms with Gasteiger partial charge in [0.2, 0.25) is 0 Å². The van der Waals surface area contributed by atoms with Gasteiger partial charge in [0.25, 0.3) is 0 Å². The standard InChI is InChI=1S/C16H25NO/c1-4-18-14-10-6-5-9-13(14)17-15-11-7-8-12-16(15,2)3/h5-6,9-10,15,17H,4,7-8,11-12H2,1-3H3. The summed E-state index contributed by atoms with van der Waals surface area (Å²) in [7, 11) is 0. The smallest absolute Gasteiger partial charge is 0.142 e. The van der Waals surface area contributed by atoms with Crippen LogP contribution in [0.4, 0.5) is 5.69 Å². The van der Waals surface area contributed by atoms with Crippen molar-refractivity contribution in [2.45, 2.75) is 52.5 Å². The van der Waals surface area contributed by atoms with E-state index in [9.17, 15) is 0 Å². The molecule has 2 rings (SSSR count). The molecule has 0 radical (unpaired) electrons. The number of nitrogens with one attached hydrogen (secondary N) is 1. The van der Waals surface area contributed by atoms with E-state index in [-0.39, 0.29) is 0 Å². The van der Waals surface area contributed by atoms with E-state index < -0.39 is 0 Å². The molecule has 1 fully saturated rings. The zero-order valence-electron chi connectivity index (χ0n) is 11.8. The van der Waals surface area contributed by atoms with Gasteiger partial charge in [-0.3, -0.25) is 0 Å². The average Bonchev–Trinajstić information content (AvgIpc) is 2.34. The molecule has 1 saturated carbocycles. The average molecular weight is 247 g/mol. The second kappa shape index (κ2) is 5.64. The fourth-order valence-electron chi connectivity index (χ4n) is 2.82. The molecule has 0 aliphatic heterocycles. The first-order valence-corrected chi connectivity index (χ1v) is 7.12. The van der Waals surface area contributed by atoms with E-state index in [0.29, 0.717) is 18.1 Å². The van der Waals surface area contributed by atoms with Crippen LogP contribution < -0.4 is 10.1 Å².